The molecule has 5 nitrogen and oxygen atoms in total. The molecule has 20 heavy (non-hydrogen) atoms. The highest BCUT2D eigenvalue weighted by Gasteiger charge is 2.49. The second-order valence-corrected chi connectivity index (χ2v) is 5.83. The van der Waals surface area contributed by atoms with Crippen LogP contribution in [-0.4, -0.2) is 39.0 Å². The molecule has 1 aliphatic rings. The molecule has 0 bridgehead atoms. The number of carboxylic acid groups (broad SMARTS) is 1. The third-order valence-corrected chi connectivity index (χ3v) is 4.20. The van der Waals surface area contributed by atoms with Crippen molar-refractivity contribution in [3.63, 3.8) is 0 Å². The largest absolute Gasteiger partial charge is 0.479 e. The predicted octanol–water partition coefficient (Wildman–Crippen LogP) is 2.70. The number of carbonyl (C=O) groups is 2. The first kappa shape index (κ1) is 15.0. The predicted molar refractivity (Wildman–Crippen MR) is 77.5 cm³/mol. The van der Waals surface area contributed by atoms with Gasteiger partial charge in [0, 0.05) is 18.3 Å². The van der Waals surface area contributed by atoms with Crippen molar-refractivity contribution in [2.45, 2.75) is 38.1 Å². The number of aromatic nitrogens is 1. The quantitative estimate of drug-likeness (QED) is 0.855. The number of nitrogens with zero attached hydrogens (tertiary/aromatic N) is 2. The molecule has 108 valence electrons. The zero-order valence-electron chi connectivity index (χ0n) is 11.3. The van der Waals surface area contributed by atoms with E-state index in [4.69, 9.17) is 0 Å². The van der Waals surface area contributed by atoms with Crippen molar-refractivity contribution >= 4 is 27.8 Å². The molecular weight excluding hydrogens is 324 g/mol. The number of aliphatic carboxylic acids is 1. The topological polar surface area (TPSA) is 70.5 Å². The van der Waals surface area contributed by atoms with Crippen LogP contribution < -0.4 is 0 Å². The van der Waals surface area contributed by atoms with E-state index >= 15 is 0 Å². The first-order valence-electron chi connectivity index (χ1n) is 6.68. The minimum absolute atomic E-state index is 0.235. The van der Waals surface area contributed by atoms with E-state index in [2.05, 4.69) is 20.9 Å². The van der Waals surface area contributed by atoms with Gasteiger partial charge >= 0.3 is 5.97 Å². The van der Waals surface area contributed by atoms with E-state index in [-0.39, 0.29) is 5.91 Å². The van der Waals surface area contributed by atoms with Crippen molar-refractivity contribution < 1.29 is 14.7 Å². The van der Waals surface area contributed by atoms with Crippen LogP contribution in [0.1, 0.15) is 43.0 Å². The maximum Gasteiger partial charge on any atom is 0.329 e. The van der Waals surface area contributed by atoms with Crippen LogP contribution in [0.3, 0.4) is 0 Å². The first-order valence-corrected chi connectivity index (χ1v) is 7.47. The fourth-order valence-electron chi connectivity index (χ4n) is 2.87. The molecule has 1 saturated heterocycles. The van der Waals surface area contributed by atoms with Gasteiger partial charge in [-0.05, 0) is 47.3 Å². The zero-order valence-corrected chi connectivity index (χ0v) is 12.9. The number of amides is 1. The monoisotopic (exact) mass is 340 g/mol. The molecule has 0 saturated carbocycles. The number of halogens is 1. The summed E-state index contributed by atoms with van der Waals surface area (Å²) in [6.07, 6.45) is 4.00. The Hall–Kier alpha value is -1.43. The van der Waals surface area contributed by atoms with E-state index in [0.717, 1.165) is 12.8 Å². The molecule has 2 heterocycles. The number of hydrogen-bond acceptors (Lipinski definition) is 3. The molecule has 2 rings (SSSR count). The van der Waals surface area contributed by atoms with Crippen LogP contribution in [0.25, 0.3) is 0 Å². The van der Waals surface area contributed by atoms with Crippen LogP contribution in [0.5, 0.6) is 0 Å². The van der Waals surface area contributed by atoms with Crippen molar-refractivity contribution in [2.24, 2.45) is 0 Å². The Labute approximate surface area is 126 Å². The molecule has 1 aromatic rings. The van der Waals surface area contributed by atoms with Gasteiger partial charge in [0.1, 0.15) is 10.1 Å². The van der Waals surface area contributed by atoms with E-state index < -0.39 is 11.5 Å². The molecule has 0 aliphatic carbocycles. The Balaban J connectivity index is 2.34. The summed E-state index contributed by atoms with van der Waals surface area (Å²) in [4.78, 5) is 29.8. The van der Waals surface area contributed by atoms with Gasteiger partial charge in [-0.1, -0.05) is 13.3 Å². The van der Waals surface area contributed by atoms with Crippen molar-refractivity contribution in [3.8, 4) is 0 Å². The Morgan fingerprint density at radius 1 is 1.55 bits per heavy atom. The molecule has 0 radical (unpaired) electrons. The summed E-state index contributed by atoms with van der Waals surface area (Å²) in [5, 5.41) is 9.60. The lowest BCUT2D eigenvalue weighted by atomic mass is 9.90. The lowest BCUT2D eigenvalue weighted by Crippen LogP contribution is -2.53. The molecular formula is C14H17BrN2O3. The molecule has 1 aromatic heterocycles. The van der Waals surface area contributed by atoms with Crippen LogP contribution in [-0.2, 0) is 4.79 Å². The Morgan fingerprint density at radius 2 is 2.30 bits per heavy atom. The number of carboxylic acids is 1. The van der Waals surface area contributed by atoms with Gasteiger partial charge in [0.2, 0.25) is 0 Å². The van der Waals surface area contributed by atoms with Gasteiger partial charge in [-0.25, -0.2) is 9.78 Å². The van der Waals surface area contributed by atoms with Crippen LogP contribution >= 0.6 is 15.9 Å². The minimum atomic E-state index is -1.05. The SMILES string of the molecule is CCCC1(C(=O)O)CCCN1C(=O)c1ccnc(Br)c1. The highest BCUT2D eigenvalue weighted by molar-refractivity contribution is 9.10. The van der Waals surface area contributed by atoms with Crippen LogP contribution in [0.15, 0.2) is 22.9 Å². The second-order valence-electron chi connectivity index (χ2n) is 5.01. The Morgan fingerprint density at radius 3 is 2.90 bits per heavy atom. The normalized spacial score (nSPS) is 22.0. The van der Waals surface area contributed by atoms with E-state index in [1.807, 2.05) is 6.92 Å². The Kier molecular flexibility index (Phi) is 4.42. The number of pyridine rings is 1. The lowest BCUT2D eigenvalue weighted by Gasteiger charge is -2.34. The highest BCUT2D eigenvalue weighted by atomic mass is 79.9. The fourth-order valence-corrected chi connectivity index (χ4v) is 3.23. The molecule has 1 amide bonds. The third-order valence-electron chi connectivity index (χ3n) is 3.77. The second kappa shape index (κ2) is 5.91. The summed E-state index contributed by atoms with van der Waals surface area (Å²) in [5.41, 5.74) is -0.586. The number of hydrogen-bond donors (Lipinski definition) is 1. The molecule has 6 heteroatoms. The van der Waals surface area contributed by atoms with Crippen molar-refractivity contribution in [2.75, 3.05) is 6.54 Å². The molecule has 1 atom stereocenters. The van der Waals surface area contributed by atoms with E-state index in [0.29, 0.717) is 29.6 Å². The van der Waals surface area contributed by atoms with Gasteiger partial charge in [0.25, 0.3) is 5.91 Å². The smallest absolute Gasteiger partial charge is 0.329 e. The maximum atomic E-state index is 12.6. The summed E-state index contributed by atoms with van der Waals surface area (Å²) >= 11 is 3.23. The molecule has 1 N–H and O–H groups in total. The van der Waals surface area contributed by atoms with Gasteiger partial charge in [-0.15, -0.1) is 0 Å². The van der Waals surface area contributed by atoms with Crippen molar-refractivity contribution in [1.29, 1.82) is 0 Å². The average Bonchev–Trinajstić information content (AvgIpc) is 2.83. The first-order chi connectivity index (χ1) is 9.51. The summed E-state index contributed by atoms with van der Waals surface area (Å²) in [5.74, 6) is -1.14. The van der Waals surface area contributed by atoms with Crippen LogP contribution in [0.2, 0.25) is 0 Å². The number of carbonyl (C=O) groups excluding carboxylic acids is 1. The standard InChI is InChI=1S/C14H17BrN2O3/c1-2-5-14(13(19)20)6-3-8-17(14)12(18)10-4-7-16-11(15)9-10/h4,7,9H,2-3,5-6,8H2,1H3,(H,19,20). The van der Waals surface area contributed by atoms with Crippen LogP contribution in [0.4, 0.5) is 0 Å². The van der Waals surface area contributed by atoms with Crippen LogP contribution in [0, 0.1) is 0 Å². The highest BCUT2D eigenvalue weighted by Crippen LogP contribution is 2.35. The summed E-state index contributed by atoms with van der Waals surface area (Å²) in [6, 6.07) is 3.24. The number of rotatable bonds is 4. The maximum absolute atomic E-state index is 12.6. The Bertz CT molecular complexity index is 535. The molecule has 1 unspecified atom stereocenters. The molecule has 0 spiro atoms. The molecule has 0 aromatic carbocycles. The molecule has 1 fully saturated rings. The lowest BCUT2D eigenvalue weighted by molar-refractivity contribution is -0.148. The fraction of sp³-hybridized carbons (Fsp3) is 0.500. The van der Waals surface area contributed by atoms with E-state index in [1.165, 1.54) is 11.1 Å². The summed E-state index contributed by atoms with van der Waals surface area (Å²) in [7, 11) is 0. The zero-order chi connectivity index (χ0) is 14.8. The average molecular weight is 341 g/mol. The summed E-state index contributed by atoms with van der Waals surface area (Å²) < 4.78 is 0.568. The van der Waals surface area contributed by atoms with Gasteiger partial charge < -0.3 is 10.0 Å². The van der Waals surface area contributed by atoms with Gasteiger partial charge in [-0.3, -0.25) is 4.79 Å². The van der Waals surface area contributed by atoms with Gasteiger partial charge in [0.15, 0.2) is 0 Å². The van der Waals surface area contributed by atoms with E-state index in [1.54, 1.807) is 12.1 Å². The van der Waals surface area contributed by atoms with E-state index in [9.17, 15) is 14.7 Å². The minimum Gasteiger partial charge on any atom is -0.479 e. The third kappa shape index (κ3) is 2.57. The molecule has 1 aliphatic heterocycles. The number of likely N-dealkylation sites (tertiary alicyclic amines) is 1. The summed E-state index contributed by atoms with van der Waals surface area (Å²) in [6.45, 7) is 2.43. The van der Waals surface area contributed by atoms with Crippen molar-refractivity contribution in [1.82, 2.24) is 9.88 Å². The van der Waals surface area contributed by atoms with Gasteiger partial charge in [-0.2, -0.15) is 0 Å². The van der Waals surface area contributed by atoms with Crippen molar-refractivity contribution in [3.05, 3.63) is 28.5 Å². The van der Waals surface area contributed by atoms with Gasteiger partial charge in [0.05, 0.1) is 0 Å².